The summed E-state index contributed by atoms with van der Waals surface area (Å²) in [5.41, 5.74) is 5.18. The van der Waals surface area contributed by atoms with Gasteiger partial charge in [0, 0.05) is 4.88 Å². The third-order valence-electron chi connectivity index (χ3n) is 3.31. The number of thiocarbonyl (C=S) groups is 1. The first-order valence-corrected chi connectivity index (χ1v) is 8.80. The van der Waals surface area contributed by atoms with Gasteiger partial charge in [0.15, 0.2) is 0 Å². The van der Waals surface area contributed by atoms with E-state index in [2.05, 4.69) is 21.2 Å². The molecule has 0 aliphatic carbocycles. The Balaban J connectivity index is 2.79. The molecule has 112 valence electrons. The minimum Gasteiger partial charge on any atom is -0.392 e. The number of rotatable bonds is 8. The molecule has 1 heterocycles. The number of thiophene rings is 1. The van der Waals surface area contributed by atoms with Crippen molar-refractivity contribution in [3.05, 3.63) is 20.8 Å². The topological polar surface area (TPSA) is 55.1 Å². The highest BCUT2D eigenvalue weighted by atomic mass is 79.9. The lowest BCUT2D eigenvalue weighted by molar-refractivity contribution is -0.128. The summed E-state index contributed by atoms with van der Waals surface area (Å²) in [5, 5.41) is 2.99. The Labute approximate surface area is 138 Å². The number of halogens is 1. The Morgan fingerprint density at radius 3 is 2.40 bits per heavy atom. The van der Waals surface area contributed by atoms with Gasteiger partial charge in [-0.2, -0.15) is 0 Å². The molecular weight excluding hydrogens is 356 g/mol. The van der Waals surface area contributed by atoms with Crippen molar-refractivity contribution in [2.24, 2.45) is 11.1 Å². The van der Waals surface area contributed by atoms with Gasteiger partial charge >= 0.3 is 0 Å². The molecule has 0 aliphatic heterocycles. The molecule has 20 heavy (non-hydrogen) atoms. The predicted octanol–water partition coefficient (Wildman–Crippen LogP) is 4.00. The quantitative estimate of drug-likeness (QED) is 0.674. The second kappa shape index (κ2) is 8.10. The van der Waals surface area contributed by atoms with Crippen LogP contribution in [0.15, 0.2) is 15.9 Å². The molecular formula is C14H21BrN2OS2. The zero-order valence-electron chi connectivity index (χ0n) is 11.9. The fourth-order valence-corrected chi connectivity index (χ4v) is 4.07. The second-order valence-electron chi connectivity index (χ2n) is 4.83. The maximum atomic E-state index is 12.6. The van der Waals surface area contributed by atoms with Crippen molar-refractivity contribution >= 4 is 50.4 Å². The minimum absolute atomic E-state index is 0.0433. The summed E-state index contributed by atoms with van der Waals surface area (Å²) in [6.07, 6.45) is 3.18. The number of carbonyl (C=O) groups is 1. The Kier molecular flexibility index (Phi) is 7.12. The molecule has 0 aromatic carbocycles. The summed E-state index contributed by atoms with van der Waals surface area (Å²) in [6, 6.07) is 3.97. The molecule has 1 rings (SSSR count). The third kappa shape index (κ3) is 4.27. The molecule has 6 heteroatoms. The highest BCUT2D eigenvalue weighted by Gasteiger charge is 2.39. The average Bonchev–Trinajstić information content (AvgIpc) is 2.81. The van der Waals surface area contributed by atoms with Crippen LogP contribution >= 0.6 is 39.5 Å². The fourth-order valence-electron chi connectivity index (χ4n) is 2.35. The molecule has 3 nitrogen and oxygen atoms in total. The summed E-state index contributed by atoms with van der Waals surface area (Å²) in [6.45, 7) is 4.62. The lowest BCUT2D eigenvalue weighted by Crippen LogP contribution is -2.48. The Morgan fingerprint density at radius 2 is 2.00 bits per heavy atom. The van der Waals surface area contributed by atoms with Crippen molar-refractivity contribution in [1.82, 2.24) is 5.32 Å². The Hall–Kier alpha value is -0.460. The highest BCUT2D eigenvalue weighted by Crippen LogP contribution is 2.31. The second-order valence-corrected chi connectivity index (χ2v) is 7.82. The maximum absolute atomic E-state index is 12.6. The summed E-state index contributed by atoms with van der Waals surface area (Å²) < 4.78 is 1.06. The first kappa shape index (κ1) is 17.6. The van der Waals surface area contributed by atoms with Gasteiger partial charge in [0.2, 0.25) is 5.91 Å². The maximum Gasteiger partial charge on any atom is 0.233 e. The molecule has 0 spiro atoms. The molecule has 0 radical (unpaired) electrons. The van der Waals surface area contributed by atoms with Gasteiger partial charge in [-0.05, 0) is 40.9 Å². The van der Waals surface area contributed by atoms with E-state index in [-0.39, 0.29) is 5.91 Å². The molecule has 0 aliphatic rings. The molecule has 0 atom stereocenters. The van der Waals surface area contributed by atoms with E-state index in [1.165, 1.54) is 0 Å². The zero-order chi connectivity index (χ0) is 15.2. The van der Waals surface area contributed by atoms with Crippen molar-refractivity contribution in [2.75, 3.05) is 0 Å². The van der Waals surface area contributed by atoms with E-state index < -0.39 is 5.41 Å². The van der Waals surface area contributed by atoms with E-state index in [4.69, 9.17) is 18.0 Å². The highest BCUT2D eigenvalue weighted by molar-refractivity contribution is 9.11. The number of amides is 1. The van der Waals surface area contributed by atoms with Gasteiger partial charge in [0.05, 0.1) is 20.7 Å². The van der Waals surface area contributed by atoms with E-state index in [1.54, 1.807) is 11.3 Å². The van der Waals surface area contributed by atoms with E-state index >= 15 is 0 Å². The average molecular weight is 377 g/mol. The summed E-state index contributed by atoms with van der Waals surface area (Å²) in [5.74, 6) is -0.0433. The van der Waals surface area contributed by atoms with Gasteiger partial charge in [0.1, 0.15) is 0 Å². The molecule has 1 aromatic heterocycles. The summed E-state index contributed by atoms with van der Waals surface area (Å²) >= 11 is 10.2. The van der Waals surface area contributed by atoms with Crippen molar-refractivity contribution < 1.29 is 4.79 Å². The summed E-state index contributed by atoms with van der Waals surface area (Å²) in [4.78, 5) is 14.0. The van der Waals surface area contributed by atoms with Crippen molar-refractivity contribution in [1.29, 1.82) is 0 Å². The lowest BCUT2D eigenvalue weighted by Gasteiger charge is -2.31. The molecule has 0 unspecified atom stereocenters. The fraction of sp³-hybridized carbons (Fsp3) is 0.571. The number of hydrogen-bond donors (Lipinski definition) is 2. The van der Waals surface area contributed by atoms with Gasteiger partial charge in [-0.3, -0.25) is 4.79 Å². The number of hydrogen-bond acceptors (Lipinski definition) is 3. The number of nitrogens with one attached hydrogen (secondary N) is 1. The first-order valence-electron chi connectivity index (χ1n) is 6.78. The minimum atomic E-state index is -0.701. The molecule has 0 fully saturated rings. The van der Waals surface area contributed by atoms with Crippen LogP contribution in [0.25, 0.3) is 0 Å². The molecule has 1 amide bonds. The van der Waals surface area contributed by atoms with Crippen LogP contribution in [0.1, 0.15) is 44.4 Å². The SMILES string of the molecule is CCCC(CCC)(C(=O)NCc1ccc(Br)s1)C(N)=S. The lowest BCUT2D eigenvalue weighted by atomic mass is 9.78. The van der Waals surface area contributed by atoms with E-state index in [0.29, 0.717) is 24.4 Å². The Bertz CT molecular complexity index is 467. The number of carbonyl (C=O) groups excluding carboxylic acids is 1. The van der Waals surface area contributed by atoms with Crippen LogP contribution in [0.5, 0.6) is 0 Å². The normalized spacial score (nSPS) is 11.3. The first-order chi connectivity index (χ1) is 9.46. The van der Waals surface area contributed by atoms with Gasteiger partial charge < -0.3 is 11.1 Å². The van der Waals surface area contributed by atoms with Gasteiger partial charge in [0.25, 0.3) is 0 Å². The third-order valence-corrected chi connectivity index (χ3v) is 5.33. The van der Waals surface area contributed by atoms with Gasteiger partial charge in [-0.25, -0.2) is 0 Å². The smallest absolute Gasteiger partial charge is 0.233 e. The van der Waals surface area contributed by atoms with Crippen LogP contribution < -0.4 is 11.1 Å². The van der Waals surface area contributed by atoms with E-state index in [1.807, 2.05) is 26.0 Å². The monoisotopic (exact) mass is 376 g/mol. The summed E-state index contributed by atoms with van der Waals surface area (Å²) in [7, 11) is 0. The van der Waals surface area contributed by atoms with Gasteiger partial charge in [-0.1, -0.05) is 38.9 Å². The van der Waals surface area contributed by atoms with Crippen molar-refractivity contribution in [2.45, 2.75) is 46.1 Å². The zero-order valence-corrected chi connectivity index (χ0v) is 15.1. The van der Waals surface area contributed by atoms with Gasteiger partial charge in [-0.15, -0.1) is 11.3 Å². The van der Waals surface area contributed by atoms with Crippen LogP contribution in [0.2, 0.25) is 0 Å². The van der Waals surface area contributed by atoms with Crippen molar-refractivity contribution in [3.63, 3.8) is 0 Å². The molecule has 1 aromatic rings. The largest absolute Gasteiger partial charge is 0.392 e. The van der Waals surface area contributed by atoms with Crippen LogP contribution in [-0.4, -0.2) is 10.9 Å². The predicted molar refractivity (Wildman–Crippen MR) is 92.9 cm³/mol. The van der Waals surface area contributed by atoms with Crippen LogP contribution in [-0.2, 0) is 11.3 Å². The molecule has 0 saturated heterocycles. The van der Waals surface area contributed by atoms with Crippen molar-refractivity contribution in [3.8, 4) is 0 Å². The molecule has 0 bridgehead atoms. The van der Waals surface area contributed by atoms with Crippen LogP contribution in [0.4, 0.5) is 0 Å². The van der Waals surface area contributed by atoms with Crippen LogP contribution in [0, 0.1) is 5.41 Å². The van der Waals surface area contributed by atoms with E-state index in [0.717, 1.165) is 21.5 Å². The van der Waals surface area contributed by atoms with Crippen LogP contribution in [0.3, 0.4) is 0 Å². The molecule has 3 N–H and O–H groups in total. The Morgan fingerprint density at radius 1 is 1.40 bits per heavy atom. The van der Waals surface area contributed by atoms with E-state index in [9.17, 15) is 4.79 Å². The number of nitrogens with two attached hydrogens (primary N) is 1. The molecule has 0 saturated carbocycles. The standard InChI is InChI=1S/C14H21BrN2OS2/c1-3-7-14(8-4-2,12(16)19)13(18)17-9-10-5-6-11(15)20-10/h5-6H,3-4,7-9H2,1-2H3,(H2,16,19)(H,17,18).